The maximum atomic E-state index is 4.61. The van der Waals surface area contributed by atoms with Crippen LogP contribution >= 0.6 is 0 Å². The summed E-state index contributed by atoms with van der Waals surface area (Å²) >= 11 is 0. The van der Waals surface area contributed by atoms with Crippen LogP contribution in [0.3, 0.4) is 0 Å². The van der Waals surface area contributed by atoms with Gasteiger partial charge in [-0.1, -0.05) is 18.2 Å². The van der Waals surface area contributed by atoms with E-state index in [-0.39, 0.29) is 6.04 Å². The summed E-state index contributed by atoms with van der Waals surface area (Å²) in [7, 11) is 0. The third-order valence-electron chi connectivity index (χ3n) is 2.89. The van der Waals surface area contributed by atoms with Gasteiger partial charge in [0.25, 0.3) is 0 Å². The molecule has 0 radical (unpaired) electrons. The molecule has 0 spiro atoms. The Bertz CT molecular complexity index is 626. The standard InChI is InChI=1S/C17H25N5/c1-12(2)18-17(19-13(3)4)20-16-11-14(5)21-22(16)15-9-7-6-8-10-15/h6-13H,1-5H3,(H2,18,19,20). The fourth-order valence-electron chi connectivity index (χ4n) is 2.11. The zero-order valence-electron chi connectivity index (χ0n) is 14.0. The number of guanidine groups is 1. The summed E-state index contributed by atoms with van der Waals surface area (Å²) in [5.41, 5.74) is 1.98. The van der Waals surface area contributed by atoms with Gasteiger partial charge >= 0.3 is 0 Å². The molecule has 2 aromatic rings. The average Bonchev–Trinajstić information content (AvgIpc) is 2.79. The predicted octanol–water partition coefficient (Wildman–Crippen LogP) is 3.36. The second-order valence-corrected chi connectivity index (χ2v) is 5.91. The predicted molar refractivity (Wildman–Crippen MR) is 92.8 cm³/mol. The van der Waals surface area contributed by atoms with Crippen LogP contribution in [0.5, 0.6) is 0 Å². The van der Waals surface area contributed by atoms with Gasteiger partial charge in [-0.2, -0.15) is 5.10 Å². The van der Waals surface area contributed by atoms with Crippen LogP contribution in [0.25, 0.3) is 5.69 Å². The van der Waals surface area contributed by atoms with Crippen LogP contribution in [0.15, 0.2) is 41.4 Å². The number of aromatic nitrogens is 2. The molecule has 2 N–H and O–H groups in total. The molecule has 0 saturated heterocycles. The molecule has 0 saturated carbocycles. The molecule has 1 aromatic heterocycles. The molecule has 5 nitrogen and oxygen atoms in total. The van der Waals surface area contributed by atoms with Gasteiger partial charge in [0.15, 0.2) is 5.96 Å². The van der Waals surface area contributed by atoms with Crippen molar-refractivity contribution in [2.75, 3.05) is 5.32 Å². The molecule has 2 rings (SSSR count). The summed E-state index contributed by atoms with van der Waals surface area (Å²) in [5, 5.41) is 11.3. The Morgan fingerprint density at radius 2 is 1.82 bits per heavy atom. The minimum absolute atomic E-state index is 0.211. The van der Waals surface area contributed by atoms with E-state index in [1.807, 2.05) is 48.0 Å². The number of aliphatic imine (C=N–C) groups is 1. The Hall–Kier alpha value is -2.30. The van der Waals surface area contributed by atoms with Crippen LogP contribution < -0.4 is 10.6 Å². The van der Waals surface area contributed by atoms with Gasteiger partial charge in [0, 0.05) is 18.2 Å². The van der Waals surface area contributed by atoms with Crippen LogP contribution in [-0.2, 0) is 0 Å². The number of hydrogen-bond donors (Lipinski definition) is 2. The lowest BCUT2D eigenvalue weighted by Crippen LogP contribution is -2.37. The molecule has 0 aliphatic carbocycles. The number of nitrogens with zero attached hydrogens (tertiary/aromatic N) is 3. The number of hydrogen-bond acceptors (Lipinski definition) is 2. The van der Waals surface area contributed by atoms with E-state index in [1.54, 1.807) is 0 Å². The third-order valence-corrected chi connectivity index (χ3v) is 2.89. The van der Waals surface area contributed by atoms with Crippen molar-refractivity contribution in [2.45, 2.75) is 46.7 Å². The minimum atomic E-state index is 0.211. The molecule has 0 aliphatic rings. The van der Waals surface area contributed by atoms with E-state index in [0.717, 1.165) is 23.2 Å². The highest BCUT2D eigenvalue weighted by Crippen LogP contribution is 2.16. The summed E-state index contributed by atoms with van der Waals surface area (Å²) in [6.45, 7) is 10.3. The average molecular weight is 299 g/mol. The van der Waals surface area contributed by atoms with Gasteiger partial charge in [0.05, 0.1) is 11.4 Å². The zero-order chi connectivity index (χ0) is 16.1. The van der Waals surface area contributed by atoms with Crippen LogP contribution in [0.4, 0.5) is 5.82 Å². The lowest BCUT2D eigenvalue weighted by atomic mass is 10.3. The molecule has 0 aliphatic heterocycles. The minimum Gasteiger partial charge on any atom is -0.354 e. The molecule has 1 heterocycles. The molecule has 0 amide bonds. The van der Waals surface area contributed by atoms with Crippen molar-refractivity contribution >= 4 is 11.8 Å². The Labute approximate surface area is 132 Å². The van der Waals surface area contributed by atoms with Crippen molar-refractivity contribution in [1.29, 1.82) is 0 Å². The fraction of sp³-hybridized carbons (Fsp3) is 0.412. The Morgan fingerprint density at radius 3 is 2.41 bits per heavy atom. The molecule has 22 heavy (non-hydrogen) atoms. The maximum absolute atomic E-state index is 4.61. The van der Waals surface area contributed by atoms with Gasteiger partial charge in [0.1, 0.15) is 5.82 Å². The SMILES string of the molecule is Cc1cc(NC(=NC(C)C)NC(C)C)n(-c2ccccc2)n1. The van der Waals surface area contributed by atoms with Gasteiger partial charge in [-0.05, 0) is 46.8 Å². The first-order valence-corrected chi connectivity index (χ1v) is 7.69. The first-order chi connectivity index (χ1) is 10.5. The topological polar surface area (TPSA) is 54.2 Å². The second-order valence-electron chi connectivity index (χ2n) is 5.91. The summed E-state index contributed by atoms with van der Waals surface area (Å²) in [5.74, 6) is 1.67. The van der Waals surface area contributed by atoms with Crippen LogP contribution in [-0.4, -0.2) is 27.8 Å². The summed E-state index contributed by atoms with van der Waals surface area (Å²) in [6, 6.07) is 12.6. The highest BCUT2D eigenvalue weighted by atomic mass is 15.4. The van der Waals surface area contributed by atoms with Gasteiger partial charge in [-0.15, -0.1) is 0 Å². The zero-order valence-corrected chi connectivity index (χ0v) is 14.0. The second kappa shape index (κ2) is 7.11. The number of benzene rings is 1. The van der Waals surface area contributed by atoms with E-state index in [2.05, 4.69) is 48.4 Å². The van der Waals surface area contributed by atoms with Crippen molar-refractivity contribution in [1.82, 2.24) is 15.1 Å². The Balaban J connectivity index is 2.32. The number of rotatable bonds is 4. The molecule has 5 heteroatoms. The normalized spacial score (nSPS) is 12.0. The van der Waals surface area contributed by atoms with Crippen molar-refractivity contribution < 1.29 is 0 Å². The van der Waals surface area contributed by atoms with Gasteiger partial charge in [-0.25, -0.2) is 4.68 Å². The van der Waals surface area contributed by atoms with Crippen LogP contribution in [0.1, 0.15) is 33.4 Å². The van der Waals surface area contributed by atoms with E-state index in [1.165, 1.54) is 0 Å². The van der Waals surface area contributed by atoms with E-state index in [9.17, 15) is 0 Å². The summed E-state index contributed by atoms with van der Waals surface area (Å²) < 4.78 is 1.90. The largest absolute Gasteiger partial charge is 0.354 e. The quantitative estimate of drug-likeness (QED) is 0.672. The monoisotopic (exact) mass is 299 g/mol. The number of aryl methyl sites for hydroxylation is 1. The van der Waals surface area contributed by atoms with Crippen LogP contribution in [0.2, 0.25) is 0 Å². The molecule has 0 atom stereocenters. The molecular formula is C17H25N5. The lowest BCUT2D eigenvalue weighted by Gasteiger charge is -2.17. The van der Waals surface area contributed by atoms with Crippen molar-refractivity contribution in [3.8, 4) is 5.69 Å². The first kappa shape index (κ1) is 16.1. The molecule has 118 valence electrons. The van der Waals surface area contributed by atoms with Crippen molar-refractivity contribution in [2.24, 2.45) is 4.99 Å². The van der Waals surface area contributed by atoms with E-state index >= 15 is 0 Å². The van der Waals surface area contributed by atoms with Gasteiger partial charge in [0.2, 0.25) is 0 Å². The summed E-state index contributed by atoms with van der Waals surface area (Å²) in [6.07, 6.45) is 0. The van der Waals surface area contributed by atoms with E-state index in [4.69, 9.17) is 0 Å². The van der Waals surface area contributed by atoms with Crippen molar-refractivity contribution in [3.05, 3.63) is 42.1 Å². The first-order valence-electron chi connectivity index (χ1n) is 7.69. The molecule has 0 bridgehead atoms. The van der Waals surface area contributed by atoms with Gasteiger partial charge < -0.3 is 10.6 Å². The molecular weight excluding hydrogens is 274 g/mol. The van der Waals surface area contributed by atoms with Crippen molar-refractivity contribution in [3.63, 3.8) is 0 Å². The van der Waals surface area contributed by atoms with Crippen LogP contribution in [0, 0.1) is 6.92 Å². The lowest BCUT2D eigenvalue weighted by molar-refractivity contribution is 0.716. The smallest absolute Gasteiger partial charge is 0.197 e. The molecule has 0 fully saturated rings. The third kappa shape index (κ3) is 4.35. The highest BCUT2D eigenvalue weighted by molar-refractivity contribution is 5.93. The number of anilines is 1. The highest BCUT2D eigenvalue weighted by Gasteiger charge is 2.10. The summed E-state index contributed by atoms with van der Waals surface area (Å²) in [4.78, 5) is 4.61. The van der Waals surface area contributed by atoms with E-state index < -0.39 is 0 Å². The maximum Gasteiger partial charge on any atom is 0.197 e. The van der Waals surface area contributed by atoms with Gasteiger partial charge in [-0.3, -0.25) is 4.99 Å². The number of para-hydroxylation sites is 1. The molecule has 0 unspecified atom stereocenters. The Morgan fingerprint density at radius 1 is 1.14 bits per heavy atom. The molecule has 1 aromatic carbocycles. The Kier molecular flexibility index (Phi) is 5.20. The number of nitrogens with one attached hydrogen (secondary N) is 2. The fourth-order valence-corrected chi connectivity index (χ4v) is 2.11. The van der Waals surface area contributed by atoms with E-state index in [0.29, 0.717) is 6.04 Å².